The molecule has 0 amide bonds. The van der Waals surface area contributed by atoms with Crippen LogP contribution in [0.1, 0.15) is 18.2 Å². The van der Waals surface area contributed by atoms with Gasteiger partial charge in [0.25, 0.3) is 0 Å². The zero-order valence-electron chi connectivity index (χ0n) is 14.5. The number of halogens is 1. The Kier molecular flexibility index (Phi) is 7.30. The highest BCUT2D eigenvalue weighted by Gasteiger charge is 2.09. The van der Waals surface area contributed by atoms with Gasteiger partial charge in [0.2, 0.25) is 0 Å². The average molecular weight is 453 g/mol. The highest BCUT2D eigenvalue weighted by atomic mass is 127. The maximum absolute atomic E-state index is 5.92. The molecule has 0 aliphatic heterocycles. The van der Waals surface area contributed by atoms with Gasteiger partial charge in [-0.25, -0.2) is 9.98 Å². The number of hydrogen-bond donors (Lipinski definition) is 2. The molecule has 3 aromatic rings. The second-order valence-electron chi connectivity index (χ2n) is 5.57. The van der Waals surface area contributed by atoms with Crippen molar-refractivity contribution in [3.05, 3.63) is 54.3 Å². The Hall–Kier alpha value is -2.03. The molecule has 0 radical (unpaired) electrons. The van der Waals surface area contributed by atoms with Crippen molar-refractivity contribution in [2.75, 3.05) is 13.1 Å². The van der Waals surface area contributed by atoms with Crippen molar-refractivity contribution < 1.29 is 4.42 Å². The molecule has 0 bridgehead atoms. The van der Waals surface area contributed by atoms with Gasteiger partial charge in [-0.15, -0.1) is 24.0 Å². The highest BCUT2D eigenvalue weighted by molar-refractivity contribution is 14.0. The number of aliphatic imine (C=N–C) groups is 1. The monoisotopic (exact) mass is 453 g/mol. The summed E-state index contributed by atoms with van der Waals surface area (Å²) in [7, 11) is 0. The predicted molar refractivity (Wildman–Crippen MR) is 111 cm³/mol. The van der Waals surface area contributed by atoms with Gasteiger partial charge >= 0.3 is 0 Å². The number of furan rings is 1. The fourth-order valence-corrected chi connectivity index (χ4v) is 2.59. The summed E-state index contributed by atoms with van der Waals surface area (Å²) in [6, 6.07) is 8.08. The summed E-state index contributed by atoms with van der Waals surface area (Å²) in [5.41, 5.74) is 2.07. The summed E-state index contributed by atoms with van der Waals surface area (Å²) in [5, 5.41) is 7.74. The van der Waals surface area contributed by atoms with Crippen LogP contribution in [0.4, 0.5) is 0 Å². The first-order valence-corrected chi connectivity index (χ1v) is 8.23. The van der Waals surface area contributed by atoms with E-state index in [1.165, 1.54) is 0 Å². The van der Waals surface area contributed by atoms with Gasteiger partial charge in [-0.05, 0) is 19.9 Å². The molecule has 2 heterocycles. The van der Waals surface area contributed by atoms with Gasteiger partial charge in [-0.1, -0.05) is 18.2 Å². The van der Waals surface area contributed by atoms with Crippen LogP contribution in [0, 0.1) is 6.92 Å². The molecule has 0 aliphatic carbocycles. The van der Waals surface area contributed by atoms with Gasteiger partial charge in [-0.3, -0.25) is 0 Å². The zero-order chi connectivity index (χ0) is 16.8. The lowest BCUT2D eigenvalue weighted by atomic mass is 10.1. The Morgan fingerprint density at radius 1 is 1.28 bits per heavy atom. The summed E-state index contributed by atoms with van der Waals surface area (Å²) in [6.07, 6.45) is 5.54. The Labute approximate surface area is 164 Å². The second-order valence-corrected chi connectivity index (χ2v) is 5.57. The predicted octanol–water partition coefficient (Wildman–Crippen LogP) is 3.31. The Morgan fingerprint density at radius 3 is 2.84 bits per heavy atom. The third-order valence-electron chi connectivity index (χ3n) is 3.89. The number of fused-ring (bicyclic) bond motifs is 1. The molecular weight excluding hydrogens is 429 g/mol. The van der Waals surface area contributed by atoms with Gasteiger partial charge in [-0.2, -0.15) is 0 Å². The van der Waals surface area contributed by atoms with Crippen LogP contribution >= 0.6 is 24.0 Å². The molecule has 0 fully saturated rings. The van der Waals surface area contributed by atoms with E-state index in [4.69, 9.17) is 4.42 Å². The number of para-hydroxylation sites is 1. The van der Waals surface area contributed by atoms with Gasteiger partial charge < -0.3 is 19.6 Å². The smallest absolute Gasteiger partial charge is 0.191 e. The third kappa shape index (κ3) is 4.97. The van der Waals surface area contributed by atoms with E-state index in [-0.39, 0.29) is 24.0 Å². The Bertz CT molecular complexity index is 810. The van der Waals surface area contributed by atoms with E-state index >= 15 is 0 Å². The molecule has 2 N–H and O–H groups in total. The van der Waals surface area contributed by atoms with Crippen LogP contribution in [0.3, 0.4) is 0 Å². The van der Waals surface area contributed by atoms with Crippen molar-refractivity contribution >= 4 is 40.9 Å². The first kappa shape index (κ1) is 19.3. The number of nitrogens with one attached hydrogen (secondary N) is 2. The molecule has 1 aromatic carbocycles. The minimum Gasteiger partial charge on any atom is -0.459 e. The number of aromatic nitrogens is 2. The summed E-state index contributed by atoms with van der Waals surface area (Å²) in [5.74, 6) is 1.69. The molecule has 7 heteroatoms. The Balaban J connectivity index is 0.00000225. The molecule has 0 unspecified atom stereocenters. The van der Waals surface area contributed by atoms with E-state index in [1.54, 1.807) is 6.20 Å². The normalized spacial score (nSPS) is 11.4. The molecule has 0 aliphatic rings. The average Bonchev–Trinajstić information content (AvgIpc) is 3.21. The minimum absolute atomic E-state index is 0. The van der Waals surface area contributed by atoms with Crippen molar-refractivity contribution in [1.29, 1.82) is 0 Å². The van der Waals surface area contributed by atoms with Gasteiger partial charge in [0.1, 0.15) is 17.9 Å². The fraction of sp³-hybridized carbons (Fsp3) is 0.333. The number of nitrogens with zero attached hydrogens (tertiary/aromatic N) is 3. The lowest BCUT2D eigenvalue weighted by Crippen LogP contribution is -2.38. The maximum atomic E-state index is 5.92. The molecule has 3 rings (SSSR count). The molecule has 25 heavy (non-hydrogen) atoms. The van der Waals surface area contributed by atoms with Crippen molar-refractivity contribution in [1.82, 2.24) is 20.2 Å². The van der Waals surface area contributed by atoms with E-state index in [1.807, 2.05) is 35.3 Å². The van der Waals surface area contributed by atoms with E-state index in [0.717, 1.165) is 47.9 Å². The number of aryl methyl sites for hydroxylation is 1. The van der Waals surface area contributed by atoms with Crippen LogP contribution in [-0.2, 0) is 13.1 Å². The molecular formula is C18H24IN5O. The minimum atomic E-state index is 0. The van der Waals surface area contributed by atoms with Crippen LogP contribution in [0.25, 0.3) is 11.0 Å². The van der Waals surface area contributed by atoms with Crippen LogP contribution in [0.5, 0.6) is 0 Å². The summed E-state index contributed by atoms with van der Waals surface area (Å²) < 4.78 is 7.94. The lowest BCUT2D eigenvalue weighted by molar-refractivity contribution is 0.547. The quantitative estimate of drug-likeness (QED) is 0.342. The SMILES string of the molecule is CCNC(=NCc1oc2ccccc2c1C)NCCn1ccnc1.I. The molecule has 134 valence electrons. The first-order chi connectivity index (χ1) is 11.8. The zero-order valence-corrected chi connectivity index (χ0v) is 16.9. The molecule has 0 saturated heterocycles. The van der Waals surface area contributed by atoms with Gasteiger partial charge in [0.15, 0.2) is 5.96 Å². The maximum Gasteiger partial charge on any atom is 0.191 e. The van der Waals surface area contributed by atoms with Gasteiger partial charge in [0, 0.05) is 43.0 Å². The van der Waals surface area contributed by atoms with E-state index in [9.17, 15) is 0 Å². The van der Waals surface area contributed by atoms with E-state index < -0.39 is 0 Å². The van der Waals surface area contributed by atoms with Gasteiger partial charge in [0.05, 0.1) is 6.33 Å². The van der Waals surface area contributed by atoms with Crippen LogP contribution in [-0.4, -0.2) is 28.6 Å². The summed E-state index contributed by atoms with van der Waals surface area (Å²) in [6.45, 7) is 7.09. The number of hydrogen-bond acceptors (Lipinski definition) is 3. The first-order valence-electron chi connectivity index (χ1n) is 8.23. The Morgan fingerprint density at radius 2 is 2.12 bits per heavy atom. The number of benzene rings is 1. The largest absolute Gasteiger partial charge is 0.459 e. The van der Waals surface area contributed by atoms with Crippen molar-refractivity contribution in [2.24, 2.45) is 4.99 Å². The summed E-state index contributed by atoms with van der Waals surface area (Å²) >= 11 is 0. The number of guanidine groups is 1. The highest BCUT2D eigenvalue weighted by Crippen LogP contribution is 2.25. The van der Waals surface area contributed by atoms with Crippen LogP contribution in [0.15, 0.2) is 52.4 Å². The van der Waals surface area contributed by atoms with Crippen molar-refractivity contribution in [2.45, 2.75) is 26.9 Å². The molecule has 6 nitrogen and oxygen atoms in total. The number of imidazole rings is 1. The van der Waals surface area contributed by atoms with E-state index in [0.29, 0.717) is 6.54 Å². The second kappa shape index (κ2) is 9.45. The van der Waals surface area contributed by atoms with Crippen molar-refractivity contribution in [3.8, 4) is 0 Å². The number of rotatable bonds is 6. The molecule has 0 spiro atoms. The van der Waals surface area contributed by atoms with Crippen molar-refractivity contribution in [3.63, 3.8) is 0 Å². The fourth-order valence-electron chi connectivity index (χ4n) is 2.59. The van der Waals surface area contributed by atoms with Crippen LogP contribution < -0.4 is 10.6 Å². The summed E-state index contributed by atoms with van der Waals surface area (Å²) in [4.78, 5) is 8.67. The molecule has 0 atom stereocenters. The topological polar surface area (TPSA) is 67.4 Å². The molecule has 0 saturated carbocycles. The third-order valence-corrected chi connectivity index (χ3v) is 3.89. The molecule has 2 aromatic heterocycles. The lowest BCUT2D eigenvalue weighted by Gasteiger charge is -2.11. The van der Waals surface area contributed by atoms with E-state index in [2.05, 4.69) is 40.5 Å². The van der Waals surface area contributed by atoms with Crippen LogP contribution in [0.2, 0.25) is 0 Å². The standard InChI is InChI=1S/C18H23N5O.HI/c1-3-20-18(21-9-11-23-10-8-19-13-23)22-12-17-14(2)15-6-4-5-7-16(15)24-17;/h4-8,10,13H,3,9,11-12H2,1-2H3,(H2,20,21,22);1H.